The third-order valence-electron chi connectivity index (χ3n) is 2.13. The molecule has 0 saturated carbocycles. The molecule has 0 heterocycles. The van der Waals surface area contributed by atoms with Crippen molar-refractivity contribution >= 4 is 5.57 Å². The minimum absolute atomic E-state index is 0.0851. The number of nitrogens with two attached hydrogens (primary N) is 1. The Bertz CT molecular complexity index is 456. The molecule has 1 aromatic carbocycles. The third-order valence-corrected chi connectivity index (χ3v) is 2.13. The Morgan fingerprint density at radius 2 is 1.81 bits per heavy atom. The maximum Gasteiger partial charge on any atom is 0.144 e. The summed E-state index contributed by atoms with van der Waals surface area (Å²) in [5.41, 5.74) is 5.63. The molecule has 4 heteroatoms. The number of aromatic hydroxyl groups is 1. The van der Waals surface area contributed by atoms with E-state index in [9.17, 15) is 14.6 Å². The number of phenolic OH excluding ortho intramolecular Hbond substituents is 1. The van der Waals surface area contributed by atoms with Gasteiger partial charge in [-0.3, -0.25) is 0 Å². The second kappa shape index (κ2) is 4.70. The van der Waals surface area contributed by atoms with Gasteiger partial charge < -0.3 is 15.9 Å². The number of hydrogen-bond donors (Lipinski definition) is 3. The molecule has 0 aromatic heterocycles. The number of allylic oxidation sites excluding steroid dienone is 3. The summed E-state index contributed by atoms with van der Waals surface area (Å²) in [6, 6.07) is 6.17. The van der Waals surface area contributed by atoms with E-state index in [1.807, 2.05) is 0 Å². The molecule has 0 fully saturated rings. The first-order valence-corrected chi connectivity index (χ1v) is 4.75. The first kappa shape index (κ1) is 12.1. The van der Waals surface area contributed by atoms with Crippen LogP contribution in [0.4, 0.5) is 4.39 Å². The van der Waals surface area contributed by atoms with Crippen LogP contribution in [0.25, 0.3) is 5.57 Å². The highest BCUT2D eigenvalue weighted by Gasteiger charge is 2.15. The first-order valence-electron chi connectivity index (χ1n) is 4.75. The average molecular weight is 223 g/mol. The van der Waals surface area contributed by atoms with Gasteiger partial charge in [0.2, 0.25) is 0 Å². The van der Waals surface area contributed by atoms with Crippen molar-refractivity contribution < 1.29 is 14.6 Å². The number of aliphatic hydroxyl groups excluding tert-OH is 1. The number of halogens is 1. The van der Waals surface area contributed by atoms with Gasteiger partial charge in [-0.25, -0.2) is 4.39 Å². The quantitative estimate of drug-likeness (QED) is 0.533. The third kappa shape index (κ3) is 2.34. The van der Waals surface area contributed by atoms with E-state index in [2.05, 4.69) is 0 Å². The molecule has 0 aliphatic heterocycles. The van der Waals surface area contributed by atoms with Crippen molar-refractivity contribution in [3.63, 3.8) is 0 Å². The molecule has 1 rings (SSSR count). The van der Waals surface area contributed by atoms with Crippen LogP contribution in [0.5, 0.6) is 5.75 Å². The van der Waals surface area contributed by atoms with E-state index in [1.165, 1.54) is 26.0 Å². The van der Waals surface area contributed by atoms with Gasteiger partial charge in [0.1, 0.15) is 17.3 Å². The summed E-state index contributed by atoms with van der Waals surface area (Å²) in [4.78, 5) is 0. The molecule has 0 atom stereocenters. The van der Waals surface area contributed by atoms with Crippen LogP contribution in [0.3, 0.4) is 0 Å². The number of phenols is 1. The molecule has 0 unspecified atom stereocenters. The van der Waals surface area contributed by atoms with Crippen LogP contribution in [0.1, 0.15) is 19.4 Å². The minimum atomic E-state index is -0.608. The maximum absolute atomic E-state index is 13.4. The van der Waals surface area contributed by atoms with Crippen molar-refractivity contribution in [3.05, 3.63) is 47.1 Å². The SMILES string of the molecule is C/C(N)=C(O)\C(=C(/C)F)c1ccccc1O. The van der Waals surface area contributed by atoms with Gasteiger partial charge in [-0.1, -0.05) is 18.2 Å². The predicted octanol–water partition coefficient (Wildman–Crippen LogP) is 2.84. The summed E-state index contributed by atoms with van der Waals surface area (Å²) in [6.45, 7) is 2.65. The fraction of sp³-hybridized carbons (Fsp3) is 0.167. The molecule has 0 saturated heterocycles. The molecule has 3 nitrogen and oxygen atoms in total. The van der Waals surface area contributed by atoms with Crippen LogP contribution in [-0.2, 0) is 0 Å². The lowest BCUT2D eigenvalue weighted by atomic mass is 10.0. The fourth-order valence-electron chi connectivity index (χ4n) is 1.36. The molecule has 16 heavy (non-hydrogen) atoms. The van der Waals surface area contributed by atoms with Crippen molar-refractivity contribution in [1.29, 1.82) is 0 Å². The summed E-state index contributed by atoms with van der Waals surface area (Å²) >= 11 is 0. The lowest BCUT2D eigenvalue weighted by Gasteiger charge is -2.10. The molecular formula is C12H14FNO2. The molecular weight excluding hydrogens is 209 g/mol. The Kier molecular flexibility index (Phi) is 3.55. The summed E-state index contributed by atoms with van der Waals surface area (Å²) in [5, 5.41) is 19.3. The Hall–Kier alpha value is -1.97. The van der Waals surface area contributed by atoms with E-state index in [0.717, 1.165) is 0 Å². The largest absolute Gasteiger partial charge is 0.507 e. The van der Waals surface area contributed by atoms with E-state index >= 15 is 0 Å². The van der Waals surface area contributed by atoms with Crippen LogP contribution in [0.15, 0.2) is 41.5 Å². The Labute approximate surface area is 93.3 Å². The van der Waals surface area contributed by atoms with Gasteiger partial charge in [0.05, 0.1) is 5.57 Å². The van der Waals surface area contributed by atoms with Gasteiger partial charge in [-0.15, -0.1) is 0 Å². The number of aliphatic hydroxyl groups is 1. The van der Waals surface area contributed by atoms with Crippen LogP contribution < -0.4 is 5.73 Å². The van der Waals surface area contributed by atoms with E-state index in [-0.39, 0.29) is 28.3 Å². The normalized spacial score (nSPS) is 14.2. The monoisotopic (exact) mass is 223 g/mol. The average Bonchev–Trinajstić information content (AvgIpc) is 2.20. The van der Waals surface area contributed by atoms with Crippen LogP contribution >= 0.6 is 0 Å². The predicted molar refractivity (Wildman–Crippen MR) is 61.3 cm³/mol. The van der Waals surface area contributed by atoms with Crippen LogP contribution in [0.2, 0.25) is 0 Å². The zero-order valence-corrected chi connectivity index (χ0v) is 9.16. The standard InChI is InChI=1S/C12H14FNO2/c1-7(13)11(12(16)8(2)14)9-5-3-4-6-10(9)15/h3-6,15-16H,14H2,1-2H3/b11-7+,12-8-. The Balaban J connectivity index is 3.44. The highest BCUT2D eigenvalue weighted by Crippen LogP contribution is 2.32. The molecule has 0 amide bonds. The summed E-state index contributed by atoms with van der Waals surface area (Å²) in [6.07, 6.45) is 0. The van der Waals surface area contributed by atoms with Crippen molar-refractivity contribution in [2.75, 3.05) is 0 Å². The molecule has 4 N–H and O–H groups in total. The molecule has 86 valence electrons. The van der Waals surface area contributed by atoms with E-state index in [4.69, 9.17) is 5.73 Å². The van der Waals surface area contributed by atoms with Gasteiger partial charge in [0, 0.05) is 11.3 Å². The zero-order chi connectivity index (χ0) is 12.3. The zero-order valence-electron chi connectivity index (χ0n) is 9.16. The molecule has 0 radical (unpaired) electrons. The second-order valence-corrected chi connectivity index (χ2v) is 3.46. The van der Waals surface area contributed by atoms with Gasteiger partial charge >= 0.3 is 0 Å². The highest BCUT2D eigenvalue weighted by molar-refractivity contribution is 5.81. The van der Waals surface area contributed by atoms with Crippen molar-refractivity contribution in [3.8, 4) is 5.75 Å². The summed E-state index contributed by atoms with van der Waals surface area (Å²) in [5.74, 6) is -1.08. The topological polar surface area (TPSA) is 66.5 Å². The maximum atomic E-state index is 13.4. The lowest BCUT2D eigenvalue weighted by Crippen LogP contribution is -2.01. The summed E-state index contributed by atoms with van der Waals surface area (Å²) in [7, 11) is 0. The molecule has 0 bridgehead atoms. The Morgan fingerprint density at radius 3 is 2.25 bits per heavy atom. The number of hydrogen-bond acceptors (Lipinski definition) is 3. The van der Waals surface area contributed by atoms with Crippen LogP contribution in [-0.4, -0.2) is 10.2 Å². The summed E-state index contributed by atoms with van der Waals surface area (Å²) < 4.78 is 13.4. The fourth-order valence-corrected chi connectivity index (χ4v) is 1.36. The van der Waals surface area contributed by atoms with Crippen molar-refractivity contribution in [2.45, 2.75) is 13.8 Å². The Morgan fingerprint density at radius 1 is 1.25 bits per heavy atom. The van der Waals surface area contributed by atoms with Gasteiger partial charge in [0.25, 0.3) is 0 Å². The number of para-hydroxylation sites is 1. The van der Waals surface area contributed by atoms with Gasteiger partial charge in [-0.05, 0) is 19.9 Å². The first-order chi connectivity index (χ1) is 7.45. The smallest absolute Gasteiger partial charge is 0.144 e. The number of rotatable bonds is 2. The van der Waals surface area contributed by atoms with E-state index in [1.54, 1.807) is 12.1 Å². The lowest BCUT2D eigenvalue weighted by molar-refractivity contribution is 0.424. The van der Waals surface area contributed by atoms with Crippen molar-refractivity contribution in [2.24, 2.45) is 5.73 Å². The minimum Gasteiger partial charge on any atom is -0.507 e. The second-order valence-electron chi connectivity index (χ2n) is 3.46. The van der Waals surface area contributed by atoms with E-state index in [0.29, 0.717) is 0 Å². The van der Waals surface area contributed by atoms with Gasteiger partial charge in [-0.2, -0.15) is 0 Å². The highest BCUT2D eigenvalue weighted by atomic mass is 19.1. The van der Waals surface area contributed by atoms with Gasteiger partial charge in [0.15, 0.2) is 0 Å². The molecule has 0 spiro atoms. The molecule has 0 aliphatic rings. The van der Waals surface area contributed by atoms with E-state index < -0.39 is 5.83 Å². The van der Waals surface area contributed by atoms with Crippen molar-refractivity contribution in [1.82, 2.24) is 0 Å². The van der Waals surface area contributed by atoms with Crippen LogP contribution in [0, 0.1) is 0 Å². The molecule has 1 aromatic rings. The molecule has 0 aliphatic carbocycles. The number of benzene rings is 1.